The van der Waals surface area contributed by atoms with Crippen molar-refractivity contribution in [3.05, 3.63) is 60.2 Å². The van der Waals surface area contributed by atoms with E-state index in [2.05, 4.69) is 17.6 Å². The van der Waals surface area contributed by atoms with Crippen LogP contribution >= 0.6 is 0 Å². The third kappa shape index (κ3) is 5.30. The molecule has 0 saturated carbocycles. The maximum absolute atomic E-state index is 12.0. The summed E-state index contributed by atoms with van der Waals surface area (Å²) in [5.74, 6) is 0.00731. The van der Waals surface area contributed by atoms with E-state index in [4.69, 9.17) is 0 Å². The molecule has 2 N–H and O–H groups in total. The lowest BCUT2D eigenvalue weighted by atomic mass is 10.1. The van der Waals surface area contributed by atoms with Crippen LogP contribution in [0.4, 0.5) is 11.4 Å². The predicted molar refractivity (Wildman–Crippen MR) is 88.6 cm³/mol. The van der Waals surface area contributed by atoms with Crippen LogP contribution in [0.25, 0.3) is 0 Å². The second-order valence-corrected chi connectivity index (χ2v) is 5.07. The average molecular weight is 282 g/mol. The van der Waals surface area contributed by atoms with E-state index >= 15 is 0 Å². The molecule has 0 unspecified atom stereocenters. The average Bonchev–Trinajstić information content (AvgIpc) is 2.50. The lowest BCUT2D eigenvalue weighted by molar-refractivity contribution is -0.115. The Labute approximate surface area is 126 Å². The Kier molecular flexibility index (Phi) is 5.83. The maximum Gasteiger partial charge on any atom is 0.228 e. The molecule has 21 heavy (non-hydrogen) atoms. The highest BCUT2D eigenvalue weighted by molar-refractivity contribution is 5.92. The van der Waals surface area contributed by atoms with Crippen molar-refractivity contribution in [1.29, 1.82) is 0 Å². The Morgan fingerprint density at radius 2 is 1.62 bits per heavy atom. The highest BCUT2D eigenvalue weighted by Gasteiger charge is 2.03. The monoisotopic (exact) mass is 282 g/mol. The first kappa shape index (κ1) is 15.1. The zero-order valence-corrected chi connectivity index (χ0v) is 12.4. The molecule has 0 aliphatic heterocycles. The number of carbonyl (C=O) groups is 1. The van der Waals surface area contributed by atoms with Crippen LogP contribution in [-0.4, -0.2) is 12.5 Å². The molecule has 0 aromatic heterocycles. The number of hydrogen-bond acceptors (Lipinski definition) is 2. The first-order valence-corrected chi connectivity index (χ1v) is 7.45. The lowest BCUT2D eigenvalue weighted by Crippen LogP contribution is -2.14. The van der Waals surface area contributed by atoms with Crippen LogP contribution in [0.2, 0.25) is 0 Å². The number of anilines is 2. The maximum atomic E-state index is 12.0. The van der Waals surface area contributed by atoms with Gasteiger partial charge in [0.15, 0.2) is 0 Å². The van der Waals surface area contributed by atoms with Gasteiger partial charge < -0.3 is 10.6 Å². The van der Waals surface area contributed by atoms with E-state index in [0.717, 1.165) is 29.9 Å². The molecule has 2 aromatic rings. The minimum absolute atomic E-state index is 0.00731. The molecule has 1 amide bonds. The van der Waals surface area contributed by atoms with E-state index in [0.29, 0.717) is 6.42 Å². The van der Waals surface area contributed by atoms with Crippen molar-refractivity contribution in [2.75, 3.05) is 17.2 Å². The van der Waals surface area contributed by atoms with Crippen molar-refractivity contribution in [3.8, 4) is 0 Å². The van der Waals surface area contributed by atoms with Crippen LogP contribution in [0.3, 0.4) is 0 Å². The largest absolute Gasteiger partial charge is 0.385 e. The zero-order valence-electron chi connectivity index (χ0n) is 12.4. The number of amides is 1. The molecule has 3 nitrogen and oxygen atoms in total. The molecular weight excluding hydrogens is 260 g/mol. The summed E-state index contributed by atoms with van der Waals surface area (Å²) < 4.78 is 0. The van der Waals surface area contributed by atoms with E-state index in [9.17, 15) is 4.79 Å². The number of hydrogen-bond donors (Lipinski definition) is 2. The molecule has 0 radical (unpaired) electrons. The topological polar surface area (TPSA) is 41.1 Å². The van der Waals surface area contributed by atoms with Crippen molar-refractivity contribution in [2.24, 2.45) is 0 Å². The van der Waals surface area contributed by atoms with Gasteiger partial charge in [0.25, 0.3) is 0 Å². The highest BCUT2D eigenvalue weighted by Crippen LogP contribution is 2.14. The third-order valence-corrected chi connectivity index (χ3v) is 3.24. The Hall–Kier alpha value is -2.29. The Bertz CT molecular complexity index is 549. The van der Waals surface area contributed by atoms with Crippen LogP contribution in [0.5, 0.6) is 0 Å². The van der Waals surface area contributed by atoms with E-state index in [1.807, 2.05) is 54.6 Å². The van der Waals surface area contributed by atoms with Crippen LogP contribution < -0.4 is 10.6 Å². The molecule has 2 rings (SSSR count). The molecule has 2 aromatic carbocycles. The van der Waals surface area contributed by atoms with Gasteiger partial charge in [0.1, 0.15) is 0 Å². The van der Waals surface area contributed by atoms with Crippen LogP contribution in [0.1, 0.15) is 25.3 Å². The molecule has 3 heteroatoms. The SMILES string of the molecule is CCCCNc1ccc(NC(=O)Cc2ccccc2)cc1. The minimum atomic E-state index is 0.00731. The van der Waals surface area contributed by atoms with Crippen molar-refractivity contribution >= 4 is 17.3 Å². The lowest BCUT2D eigenvalue weighted by Gasteiger charge is -2.08. The molecule has 0 saturated heterocycles. The summed E-state index contributed by atoms with van der Waals surface area (Å²) in [6.07, 6.45) is 2.74. The minimum Gasteiger partial charge on any atom is -0.385 e. The number of nitrogens with one attached hydrogen (secondary N) is 2. The summed E-state index contributed by atoms with van der Waals surface area (Å²) in [6.45, 7) is 3.16. The Morgan fingerprint density at radius 1 is 0.952 bits per heavy atom. The second kappa shape index (κ2) is 8.10. The normalized spacial score (nSPS) is 10.1. The summed E-state index contributed by atoms with van der Waals surface area (Å²) in [5.41, 5.74) is 2.94. The highest BCUT2D eigenvalue weighted by atomic mass is 16.1. The number of rotatable bonds is 7. The van der Waals surface area contributed by atoms with Crippen LogP contribution in [0, 0.1) is 0 Å². The van der Waals surface area contributed by atoms with Gasteiger partial charge in [0, 0.05) is 17.9 Å². The van der Waals surface area contributed by atoms with Crippen LogP contribution in [-0.2, 0) is 11.2 Å². The van der Waals surface area contributed by atoms with Gasteiger partial charge in [-0.3, -0.25) is 4.79 Å². The second-order valence-electron chi connectivity index (χ2n) is 5.07. The van der Waals surface area contributed by atoms with Gasteiger partial charge in [-0.25, -0.2) is 0 Å². The molecule has 0 aliphatic rings. The molecule has 0 spiro atoms. The molecule has 0 fully saturated rings. The van der Waals surface area contributed by atoms with Gasteiger partial charge in [-0.15, -0.1) is 0 Å². The van der Waals surface area contributed by atoms with Crippen molar-refractivity contribution in [3.63, 3.8) is 0 Å². The molecule has 110 valence electrons. The van der Waals surface area contributed by atoms with Gasteiger partial charge in [0.05, 0.1) is 6.42 Å². The fraction of sp³-hybridized carbons (Fsp3) is 0.278. The quantitative estimate of drug-likeness (QED) is 0.751. The number of unbranched alkanes of at least 4 members (excludes halogenated alkanes) is 1. The van der Waals surface area contributed by atoms with Crippen LogP contribution in [0.15, 0.2) is 54.6 Å². The van der Waals surface area contributed by atoms with Gasteiger partial charge in [0.2, 0.25) is 5.91 Å². The summed E-state index contributed by atoms with van der Waals surface area (Å²) >= 11 is 0. The van der Waals surface area contributed by atoms with Gasteiger partial charge in [-0.1, -0.05) is 43.7 Å². The molecule has 0 heterocycles. The fourth-order valence-corrected chi connectivity index (χ4v) is 2.07. The van der Waals surface area contributed by atoms with E-state index in [1.54, 1.807) is 0 Å². The molecule has 0 aliphatic carbocycles. The Morgan fingerprint density at radius 3 is 2.29 bits per heavy atom. The standard InChI is InChI=1S/C18H22N2O/c1-2-3-13-19-16-9-11-17(12-10-16)20-18(21)14-15-7-5-4-6-8-15/h4-12,19H,2-3,13-14H2,1H3,(H,20,21). The van der Waals surface area contributed by atoms with Gasteiger partial charge >= 0.3 is 0 Å². The summed E-state index contributed by atoms with van der Waals surface area (Å²) in [5, 5.41) is 6.27. The molecular formula is C18H22N2O. The molecule has 0 bridgehead atoms. The first-order chi connectivity index (χ1) is 10.3. The van der Waals surface area contributed by atoms with Crippen molar-refractivity contribution in [1.82, 2.24) is 0 Å². The summed E-state index contributed by atoms with van der Waals surface area (Å²) in [7, 11) is 0. The van der Waals surface area contributed by atoms with Gasteiger partial charge in [-0.2, -0.15) is 0 Å². The van der Waals surface area contributed by atoms with Crippen molar-refractivity contribution < 1.29 is 4.79 Å². The smallest absolute Gasteiger partial charge is 0.228 e. The van der Waals surface area contributed by atoms with E-state index < -0.39 is 0 Å². The van der Waals surface area contributed by atoms with E-state index in [-0.39, 0.29) is 5.91 Å². The fourth-order valence-electron chi connectivity index (χ4n) is 2.07. The van der Waals surface area contributed by atoms with E-state index in [1.165, 1.54) is 6.42 Å². The predicted octanol–water partition coefficient (Wildman–Crippen LogP) is 4.08. The third-order valence-electron chi connectivity index (χ3n) is 3.24. The number of benzene rings is 2. The summed E-state index contributed by atoms with van der Waals surface area (Å²) in [4.78, 5) is 12.0. The first-order valence-electron chi connectivity index (χ1n) is 7.45. The van der Waals surface area contributed by atoms with Crippen molar-refractivity contribution in [2.45, 2.75) is 26.2 Å². The summed E-state index contributed by atoms with van der Waals surface area (Å²) in [6, 6.07) is 17.6. The van der Waals surface area contributed by atoms with Gasteiger partial charge in [-0.05, 0) is 36.2 Å². The number of carbonyl (C=O) groups excluding carboxylic acids is 1. The molecule has 0 atom stereocenters. The zero-order chi connectivity index (χ0) is 14.9. The Balaban J connectivity index is 1.83.